The van der Waals surface area contributed by atoms with Gasteiger partial charge in [0.05, 0.1) is 13.0 Å². The van der Waals surface area contributed by atoms with Gasteiger partial charge in [-0.15, -0.1) is 0 Å². The second kappa shape index (κ2) is 8.35. The highest BCUT2D eigenvalue weighted by Gasteiger charge is 2.10. The van der Waals surface area contributed by atoms with Crippen molar-refractivity contribution >= 4 is 17.6 Å². The van der Waals surface area contributed by atoms with Gasteiger partial charge in [0.15, 0.2) is 0 Å². The normalized spacial score (nSPS) is 10.2. The first-order valence-corrected chi connectivity index (χ1v) is 7.07. The molecule has 0 bridgehead atoms. The van der Waals surface area contributed by atoms with Gasteiger partial charge in [0.25, 0.3) is 0 Å². The molecular formula is C14H24N4O2. The van der Waals surface area contributed by atoms with Gasteiger partial charge in [0.2, 0.25) is 0 Å². The molecule has 0 aliphatic carbocycles. The molecule has 6 nitrogen and oxygen atoms in total. The van der Waals surface area contributed by atoms with Crippen molar-refractivity contribution in [1.82, 2.24) is 9.97 Å². The van der Waals surface area contributed by atoms with Crippen molar-refractivity contribution in [3.8, 4) is 0 Å². The minimum absolute atomic E-state index is 0.200. The Morgan fingerprint density at radius 3 is 2.55 bits per heavy atom. The van der Waals surface area contributed by atoms with Gasteiger partial charge in [0, 0.05) is 25.6 Å². The number of esters is 1. The van der Waals surface area contributed by atoms with Crippen molar-refractivity contribution in [3.05, 3.63) is 11.4 Å². The highest BCUT2D eigenvalue weighted by molar-refractivity contribution is 5.70. The third-order valence-electron chi connectivity index (χ3n) is 2.83. The van der Waals surface area contributed by atoms with Gasteiger partial charge in [-0.2, -0.15) is 0 Å². The molecule has 112 valence electrons. The molecule has 1 aromatic rings. The van der Waals surface area contributed by atoms with Crippen LogP contribution in [0.5, 0.6) is 0 Å². The maximum atomic E-state index is 11.3. The average molecular weight is 280 g/mol. The van der Waals surface area contributed by atoms with Crippen molar-refractivity contribution in [2.45, 2.75) is 40.0 Å². The Morgan fingerprint density at radius 2 is 1.95 bits per heavy atom. The molecule has 0 saturated carbocycles. The summed E-state index contributed by atoms with van der Waals surface area (Å²) in [5, 5.41) is 6.26. The monoisotopic (exact) mass is 280 g/mol. The molecule has 0 aliphatic rings. The maximum absolute atomic E-state index is 11.3. The number of aromatic nitrogens is 2. The molecule has 1 rings (SSSR count). The summed E-state index contributed by atoms with van der Waals surface area (Å²) in [4.78, 5) is 20.3. The quantitative estimate of drug-likeness (QED) is 0.711. The largest absolute Gasteiger partial charge is 0.466 e. The van der Waals surface area contributed by atoms with E-state index >= 15 is 0 Å². The fourth-order valence-corrected chi connectivity index (χ4v) is 1.83. The van der Waals surface area contributed by atoms with E-state index in [1.165, 1.54) is 0 Å². The Bertz CT molecular complexity index is 449. The Kier molecular flexibility index (Phi) is 6.76. The highest BCUT2D eigenvalue weighted by Crippen LogP contribution is 2.20. The summed E-state index contributed by atoms with van der Waals surface area (Å²) in [6.45, 7) is 6.77. The van der Waals surface area contributed by atoms with Crippen molar-refractivity contribution in [3.63, 3.8) is 0 Å². The smallest absolute Gasteiger partial charge is 0.307 e. The summed E-state index contributed by atoms with van der Waals surface area (Å²) in [5.41, 5.74) is 0.955. The van der Waals surface area contributed by atoms with E-state index in [0.29, 0.717) is 19.6 Å². The van der Waals surface area contributed by atoms with Crippen LogP contribution >= 0.6 is 0 Å². The average Bonchev–Trinajstić information content (AvgIpc) is 2.42. The first kappa shape index (κ1) is 16.2. The van der Waals surface area contributed by atoms with E-state index in [9.17, 15) is 4.79 Å². The number of hydrogen-bond acceptors (Lipinski definition) is 6. The molecule has 0 atom stereocenters. The van der Waals surface area contributed by atoms with Crippen LogP contribution in [0, 0.1) is 6.92 Å². The number of aryl methyl sites for hydroxylation is 1. The number of rotatable bonds is 8. The van der Waals surface area contributed by atoms with Crippen LogP contribution in [0.2, 0.25) is 0 Å². The summed E-state index contributed by atoms with van der Waals surface area (Å²) in [5.74, 6) is 2.20. The van der Waals surface area contributed by atoms with Crippen LogP contribution in [0.25, 0.3) is 0 Å². The molecule has 1 heterocycles. The molecule has 0 spiro atoms. The third-order valence-corrected chi connectivity index (χ3v) is 2.83. The topological polar surface area (TPSA) is 76.1 Å². The van der Waals surface area contributed by atoms with Gasteiger partial charge >= 0.3 is 5.97 Å². The zero-order valence-electron chi connectivity index (χ0n) is 12.7. The van der Waals surface area contributed by atoms with Crippen LogP contribution in [0.4, 0.5) is 11.6 Å². The number of carbonyl (C=O) groups excluding carboxylic acids is 1. The zero-order valence-corrected chi connectivity index (χ0v) is 12.7. The van der Waals surface area contributed by atoms with Crippen molar-refractivity contribution in [2.75, 3.05) is 30.8 Å². The van der Waals surface area contributed by atoms with Crippen molar-refractivity contribution in [1.29, 1.82) is 0 Å². The molecule has 20 heavy (non-hydrogen) atoms. The number of hydrogen-bond donors (Lipinski definition) is 2. The molecule has 6 heteroatoms. The Labute approximate surface area is 120 Å². The number of anilines is 2. The SMILES string of the molecule is CCCc1nc(NC)c(C)c(NCCC(=O)OCC)n1. The van der Waals surface area contributed by atoms with E-state index in [-0.39, 0.29) is 5.97 Å². The van der Waals surface area contributed by atoms with Gasteiger partial charge < -0.3 is 15.4 Å². The van der Waals surface area contributed by atoms with Crippen LogP contribution in [-0.4, -0.2) is 36.1 Å². The summed E-state index contributed by atoms with van der Waals surface area (Å²) in [6.07, 6.45) is 2.16. The second-order valence-electron chi connectivity index (χ2n) is 4.44. The van der Waals surface area contributed by atoms with E-state index in [2.05, 4.69) is 27.5 Å². The lowest BCUT2D eigenvalue weighted by Crippen LogP contribution is -2.14. The van der Waals surface area contributed by atoms with E-state index in [4.69, 9.17) is 4.74 Å². The van der Waals surface area contributed by atoms with Crippen LogP contribution in [0.3, 0.4) is 0 Å². The van der Waals surface area contributed by atoms with E-state index in [1.807, 2.05) is 14.0 Å². The lowest BCUT2D eigenvalue weighted by atomic mass is 10.2. The number of ether oxygens (including phenoxy) is 1. The van der Waals surface area contributed by atoms with Crippen LogP contribution in [-0.2, 0) is 16.0 Å². The minimum Gasteiger partial charge on any atom is -0.466 e. The Morgan fingerprint density at radius 1 is 1.25 bits per heavy atom. The first-order chi connectivity index (χ1) is 9.62. The molecule has 0 saturated heterocycles. The lowest BCUT2D eigenvalue weighted by Gasteiger charge is -2.13. The van der Waals surface area contributed by atoms with Gasteiger partial charge in [-0.05, 0) is 20.3 Å². The van der Waals surface area contributed by atoms with E-state index in [1.54, 1.807) is 6.92 Å². The Balaban J connectivity index is 2.72. The first-order valence-electron chi connectivity index (χ1n) is 7.07. The number of nitrogens with one attached hydrogen (secondary N) is 2. The van der Waals surface area contributed by atoms with Crippen LogP contribution < -0.4 is 10.6 Å². The lowest BCUT2D eigenvalue weighted by molar-refractivity contribution is -0.142. The van der Waals surface area contributed by atoms with Gasteiger partial charge in [-0.1, -0.05) is 6.92 Å². The minimum atomic E-state index is -0.200. The fraction of sp³-hybridized carbons (Fsp3) is 0.643. The molecule has 0 amide bonds. The predicted molar refractivity (Wildman–Crippen MR) is 80.1 cm³/mol. The summed E-state index contributed by atoms with van der Waals surface area (Å²) in [6, 6.07) is 0. The number of carbonyl (C=O) groups is 1. The van der Waals surface area contributed by atoms with Crippen molar-refractivity contribution < 1.29 is 9.53 Å². The molecule has 0 aromatic carbocycles. The molecule has 0 radical (unpaired) electrons. The molecule has 0 fully saturated rings. The number of nitrogens with zero attached hydrogens (tertiary/aromatic N) is 2. The maximum Gasteiger partial charge on any atom is 0.307 e. The van der Waals surface area contributed by atoms with E-state index in [0.717, 1.165) is 35.9 Å². The molecule has 1 aromatic heterocycles. The molecular weight excluding hydrogens is 256 g/mol. The molecule has 2 N–H and O–H groups in total. The summed E-state index contributed by atoms with van der Waals surface area (Å²) >= 11 is 0. The van der Waals surface area contributed by atoms with Crippen molar-refractivity contribution in [2.24, 2.45) is 0 Å². The standard InChI is InChI=1S/C14H24N4O2/c1-5-7-11-17-13(15-4)10(3)14(18-11)16-9-8-12(19)20-6-2/h5-9H2,1-4H3,(H2,15,16,17,18). The third kappa shape index (κ3) is 4.68. The van der Waals surface area contributed by atoms with Gasteiger partial charge in [-0.3, -0.25) is 4.79 Å². The second-order valence-corrected chi connectivity index (χ2v) is 4.44. The Hall–Kier alpha value is -1.85. The van der Waals surface area contributed by atoms with E-state index < -0.39 is 0 Å². The predicted octanol–water partition coefficient (Wildman–Crippen LogP) is 2.14. The summed E-state index contributed by atoms with van der Waals surface area (Å²) < 4.78 is 4.89. The van der Waals surface area contributed by atoms with Gasteiger partial charge in [-0.25, -0.2) is 9.97 Å². The van der Waals surface area contributed by atoms with Gasteiger partial charge in [0.1, 0.15) is 17.5 Å². The highest BCUT2D eigenvalue weighted by atomic mass is 16.5. The molecule has 0 aliphatic heterocycles. The summed E-state index contributed by atoms with van der Waals surface area (Å²) in [7, 11) is 1.84. The fourth-order valence-electron chi connectivity index (χ4n) is 1.83. The van der Waals surface area contributed by atoms with Crippen LogP contribution in [0.15, 0.2) is 0 Å². The molecule has 0 unspecified atom stereocenters. The zero-order chi connectivity index (χ0) is 15.0. The van der Waals surface area contributed by atoms with Crippen LogP contribution in [0.1, 0.15) is 38.1 Å².